The molecule has 0 aromatic carbocycles. The van der Waals surface area contributed by atoms with Gasteiger partial charge in [0.05, 0.1) is 12.5 Å². The smallest absolute Gasteiger partial charge is 0.228 e. The van der Waals surface area contributed by atoms with Crippen LogP contribution in [-0.4, -0.2) is 47.1 Å². The Kier molecular flexibility index (Phi) is 4.61. The van der Waals surface area contributed by atoms with Crippen molar-refractivity contribution < 1.29 is 9.53 Å². The Morgan fingerprint density at radius 1 is 1.20 bits per heavy atom. The Morgan fingerprint density at radius 2 is 2.08 bits per heavy atom. The van der Waals surface area contributed by atoms with Gasteiger partial charge in [-0.05, 0) is 30.2 Å². The van der Waals surface area contributed by atoms with E-state index in [-0.39, 0.29) is 11.8 Å². The van der Waals surface area contributed by atoms with Crippen LogP contribution >= 0.6 is 0 Å². The Bertz CT molecular complexity index is 731. The van der Waals surface area contributed by atoms with Gasteiger partial charge in [-0.25, -0.2) is 4.98 Å². The van der Waals surface area contributed by atoms with E-state index in [1.807, 2.05) is 41.7 Å². The van der Waals surface area contributed by atoms with E-state index >= 15 is 0 Å². The summed E-state index contributed by atoms with van der Waals surface area (Å²) in [5.41, 5.74) is 2.29. The zero-order valence-electron chi connectivity index (χ0n) is 14.2. The molecule has 2 aromatic rings. The Labute approximate surface area is 147 Å². The summed E-state index contributed by atoms with van der Waals surface area (Å²) in [5, 5.41) is 0. The molecule has 1 fully saturated rings. The molecule has 0 saturated carbocycles. The lowest BCUT2D eigenvalue weighted by atomic mass is 10.1. The highest BCUT2D eigenvalue weighted by Gasteiger charge is 2.30. The molecule has 1 atom stereocenters. The van der Waals surface area contributed by atoms with Crippen LogP contribution in [0.5, 0.6) is 0 Å². The number of hydrogen-bond acceptors (Lipinski definition) is 5. The standard InChI is InChI=1S/C19H22N4O2/c24-19(17-5-11-25-14-17)23-10-9-22(12-15-3-7-20-8-4-15)18-16(13-23)2-1-6-21-18/h1-4,6-8,17H,5,9-14H2/t17-/m1/s1. The van der Waals surface area contributed by atoms with Crippen LogP contribution in [0, 0.1) is 5.92 Å². The van der Waals surface area contributed by atoms with E-state index in [9.17, 15) is 4.79 Å². The number of ether oxygens (including phenoxy) is 1. The fourth-order valence-electron chi connectivity index (χ4n) is 3.51. The second-order valence-corrected chi connectivity index (χ2v) is 6.58. The molecule has 2 aliphatic heterocycles. The molecule has 6 heteroatoms. The van der Waals surface area contributed by atoms with Gasteiger partial charge in [0.2, 0.25) is 5.91 Å². The summed E-state index contributed by atoms with van der Waals surface area (Å²) in [4.78, 5) is 25.7. The van der Waals surface area contributed by atoms with Crippen LogP contribution in [0.3, 0.4) is 0 Å². The first-order valence-corrected chi connectivity index (χ1v) is 8.75. The van der Waals surface area contributed by atoms with Gasteiger partial charge in [0, 0.05) is 56.9 Å². The fourth-order valence-corrected chi connectivity index (χ4v) is 3.51. The number of carbonyl (C=O) groups is 1. The van der Waals surface area contributed by atoms with Crippen molar-refractivity contribution in [2.75, 3.05) is 31.2 Å². The van der Waals surface area contributed by atoms with Crippen LogP contribution in [0.25, 0.3) is 0 Å². The molecule has 4 heterocycles. The van der Waals surface area contributed by atoms with Gasteiger partial charge in [-0.15, -0.1) is 0 Å². The average Bonchev–Trinajstić information content (AvgIpc) is 3.13. The number of aromatic nitrogens is 2. The fraction of sp³-hybridized carbons (Fsp3) is 0.421. The number of pyridine rings is 2. The lowest BCUT2D eigenvalue weighted by Gasteiger charge is -2.25. The summed E-state index contributed by atoms with van der Waals surface area (Å²) < 4.78 is 5.39. The molecule has 0 spiro atoms. The molecule has 130 valence electrons. The van der Waals surface area contributed by atoms with Crippen molar-refractivity contribution >= 4 is 11.7 Å². The lowest BCUT2D eigenvalue weighted by Crippen LogP contribution is -2.39. The maximum atomic E-state index is 12.8. The van der Waals surface area contributed by atoms with E-state index in [0.717, 1.165) is 30.9 Å². The summed E-state index contributed by atoms with van der Waals surface area (Å²) in [6.07, 6.45) is 6.27. The van der Waals surface area contributed by atoms with E-state index in [0.29, 0.717) is 26.3 Å². The number of hydrogen-bond donors (Lipinski definition) is 0. The van der Waals surface area contributed by atoms with Crippen LogP contribution in [0.2, 0.25) is 0 Å². The first kappa shape index (κ1) is 16.0. The van der Waals surface area contributed by atoms with E-state index < -0.39 is 0 Å². The van der Waals surface area contributed by atoms with Crippen LogP contribution in [0.15, 0.2) is 42.9 Å². The molecule has 4 rings (SSSR count). The molecule has 0 radical (unpaired) electrons. The highest BCUT2D eigenvalue weighted by molar-refractivity contribution is 5.79. The highest BCUT2D eigenvalue weighted by Crippen LogP contribution is 2.26. The van der Waals surface area contributed by atoms with Crippen molar-refractivity contribution in [3.05, 3.63) is 54.0 Å². The van der Waals surface area contributed by atoms with Crippen molar-refractivity contribution in [2.45, 2.75) is 19.5 Å². The zero-order valence-corrected chi connectivity index (χ0v) is 14.2. The van der Waals surface area contributed by atoms with Crippen molar-refractivity contribution in [3.63, 3.8) is 0 Å². The van der Waals surface area contributed by atoms with Crippen molar-refractivity contribution in [1.29, 1.82) is 0 Å². The van der Waals surface area contributed by atoms with Gasteiger partial charge < -0.3 is 14.5 Å². The van der Waals surface area contributed by atoms with Crippen molar-refractivity contribution in [1.82, 2.24) is 14.9 Å². The summed E-state index contributed by atoms with van der Waals surface area (Å²) in [6.45, 7) is 4.10. The minimum absolute atomic E-state index is 0.00636. The molecular weight excluding hydrogens is 316 g/mol. The minimum Gasteiger partial charge on any atom is -0.381 e. The number of anilines is 1. The molecule has 0 bridgehead atoms. The average molecular weight is 338 g/mol. The molecule has 2 aliphatic rings. The SMILES string of the molecule is O=C([C@@H]1CCOC1)N1CCN(Cc2ccncc2)c2ncccc2C1. The third-order valence-electron chi connectivity index (χ3n) is 4.88. The van der Waals surface area contributed by atoms with Gasteiger partial charge in [0.1, 0.15) is 5.82 Å². The maximum absolute atomic E-state index is 12.8. The van der Waals surface area contributed by atoms with Gasteiger partial charge in [0.25, 0.3) is 0 Å². The second-order valence-electron chi connectivity index (χ2n) is 6.58. The molecule has 0 N–H and O–H groups in total. The summed E-state index contributed by atoms with van der Waals surface area (Å²) in [6, 6.07) is 8.05. The van der Waals surface area contributed by atoms with E-state index in [4.69, 9.17) is 4.74 Å². The summed E-state index contributed by atoms with van der Waals surface area (Å²) in [5.74, 6) is 1.18. The molecule has 2 aromatic heterocycles. The van der Waals surface area contributed by atoms with Crippen LogP contribution in [0.1, 0.15) is 17.5 Å². The largest absolute Gasteiger partial charge is 0.381 e. The first-order chi connectivity index (χ1) is 12.3. The minimum atomic E-state index is 0.00636. The van der Waals surface area contributed by atoms with E-state index in [2.05, 4.69) is 20.9 Å². The molecule has 25 heavy (non-hydrogen) atoms. The molecule has 0 unspecified atom stereocenters. The van der Waals surface area contributed by atoms with Gasteiger partial charge in [-0.2, -0.15) is 0 Å². The third kappa shape index (κ3) is 3.49. The second kappa shape index (κ2) is 7.19. The van der Waals surface area contributed by atoms with Crippen molar-refractivity contribution in [2.24, 2.45) is 5.92 Å². The lowest BCUT2D eigenvalue weighted by molar-refractivity contribution is -0.135. The third-order valence-corrected chi connectivity index (χ3v) is 4.88. The number of nitrogens with zero attached hydrogens (tertiary/aromatic N) is 4. The van der Waals surface area contributed by atoms with Crippen LogP contribution < -0.4 is 4.90 Å². The van der Waals surface area contributed by atoms with E-state index in [1.165, 1.54) is 5.56 Å². The molecule has 0 aliphatic carbocycles. The van der Waals surface area contributed by atoms with Gasteiger partial charge >= 0.3 is 0 Å². The van der Waals surface area contributed by atoms with Gasteiger partial charge in [-0.1, -0.05) is 6.07 Å². The van der Waals surface area contributed by atoms with Gasteiger partial charge in [0.15, 0.2) is 0 Å². The summed E-state index contributed by atoms with van der Waals surface area (Å²) in [7, 11) is 0. The monoisotopic (exact) mass is 338 g/mol. The quantitative estimate of drug-likeness (QED) is 0.855. The predicted octanol–water partition coefficient (Wildman–Crippen LogP) is 1.86. The molecule has 6 nitrogen and oxygen atoms in total. The van der Waals surface area contributed by atoms with Crippen LogP contribution in [0.4, 0.5) is 5.82 Å². The predicted molar refractivity (Wildman–Crippen MR) is 93.9 cm³/mol. The van der Waals surface area contributed by atoms with Crippen LogP contribution in [-0.2, 0) is 22.6 Å². The topological polar surface area (TPSA) is 58.6 Å². The highest BCUT2D eigenvalue weighted by atomic mass is 16.5. The van der Waals surface area contributed by atoms with E-state index in [1.54, 1.807) is 0 Å². The molecule has 1 amide bonds. The Balaban J connectivity index is 1.56. The number of fused-ring (bicyclic) bond motifs is 1. The summed E-state index contributed by atoms with van der Waals surface area (Å²) >= 11 is 0. The molecular formula is C19H22N4O2. The normalized spacial score (nSPS) is 20.2. The Hall–Kier alpha value is -2.47. The Morgan fingerprint density at radius 3 is 2.88 bits per heavy atom. The number of amides is 1. The molecule has 1 saturated heterocycles. The van der Waals surface area contributed by atoms with Crippen molar-refractivity contribution in [3.8, 4) is 0 Å². The zero-order chi connectivity index (χ0) is 17.1. The first-order valence-electron chi connectivity index (χ1n) is 8.75. The van der Waals surface area contributed by atoms with Gasteiger partial charge in [-0.3, -0.25) is 9.78 Å². The number of carbonyl (C=O) groups excluding carboxylic acids is 1. The maximum Gasteiger partial charge on any atom is 0.228 e. The number of rotatable bonds is 3.